The summed E-state index contributed by atoms with van der Waals surface area (Å²) in [4.78, 5) is 20.9. The van der Waals surface area contributed by atoms with Crippen LogP contribution in [0.4, 0.5) is 33.6 Å². The van der Waals surface area contributed by atoms with Gasteiger partial charge in [-0.3, -0.25) is 4.90 Å². The van der Waals surface area contributed by atoms with Gasteiger partial charge in [0.25, 0.3) is 0 Å². The molecule has 0 radical (unpaired) electrons. The van der Waals surface area contributed by atoms with E-state index in [4.69, 9.17) is 9.72 Å². The van der Waals surface area contributed by atoms with E-state index < -0.39 is 0 Å². The first kappa shape index (κ1) is 26.6. The molecule has 1 aliphatic heterocycles. The molecule has 0 spiro atoms. The molecule has 10 nitrogen and oxygen atoms in total. The number of nitrogens with zero attached hydrogens (tertiary/aromatic N) is 6. The molecule has 5 aromatic rings. The number of rotatable bonds is 10. The highest BCUT2D eigenvalue weighted by Gasteiger charge is 2.13. The zero-order valence-corrected chi connectivity index (χ0v) is 22.8. The number of imidazole rings is 1. The molecule has 0 atom stereocenters. The van der Waals surface area contributed by atoms with Crippen LogP contribution < -0.4 is 16.0 Å². The highest BCUT2D eigenvalue weighted by molar-refractivity contribution is 5.81. The quantitative estimate of drug-likeness (QED) is 0.222. The van der Waals surface area contributed by atoms with Gasteiger partial charge in [0, 0.05) is 44.1 Å². The van der Waals surface area contributed by atoms with E-state index in [2.05, 4.69) is 58.6 Å². The van der Waals surface area contributed by atoms with E-state index in [9.17, 15) is 4.39 Å². The molecule has 210 valence electrons. The van der Waals surface area contributed by atoms with Crippen LogP contribution in [0.2, 0.25) is 0 Å². The minimum absolute atomic E-state index is 0.309. The first-order chi connectivity index (χ1) is 20.1. The molecular weight excluding hydrogens is 521 g/mol. The second-order valence-electron chi connectivity index (χ2n) is 9.88. The fraction of sp³-hybridized carbons (Fsp3) is 0.267. The molecule has 1 aliphatic rings. The minimum Gasteiger partial charge on any atom is -0.379 e. The molecule has 6 rings (SSSR count). The molecule has 2 aromatic heterocycles. The predicted octanol–water partition coefficient (Wildman–Crippen LogP) is 4.95. The number of aryl methyl sites for hydroxylation is 1. The van der Waals surface area contributed by atoms with Gasteiger partial charge >= 0.3 is 0 Å². The molecule has 0 bridgehead atoms. The number of anilines is 5. The van der Waals surface area contributed by atoms with Gasteiger partial charge in [-0.15, -0.1) is 0 Å². The molecule has 0 saturated carbocycles. The number of hydrogen-bond donors (Lipinski definition) is 3. The number of morpholine rings is 1. The van der Waals surface area contributed by atoms with E-state index >= 15 is 0 Å². The smallest absolute Gasteiger partial charge is 0.233 e. The van der Waals surface area contributed by atoms with Gasteiger partial charge in [0.05, 0.1) is 24.2 Å². The number of fused-ring (bicyclic) bond motifs is 1. The van der Waals surface area contributed by atoms with Crippen LogP contribution in [0, 0.1) is 12.7 Å². The van der Waals surface area contributed by atoms with Crippen LogP contribution in [-0.2, 0) is 11.3 Å². The zero-order chi connectivity index (χ0) is 28.0. The van der Waals surface area contributed by atoms with Crippen LogP contribution in [0.5, 0.6) is 0 Å². The van der Waals surface area contributed by atoms with Gasteiger partial charge in [-0.25, -0.2) is 9.37 Å². The van der Waals surface area contributed by atoms with Gasteiger partial charge in [-0.1, -0.05) is 30.3 Å². The summed E-state index contributed by atoms with van der Waals surface area (Å²) < 4.78 is 21.1. The highest BCUT2D eigenvalue weighted by Crippen LogP contribution is 2.24. The van der Waals surface area contributed by atoms with Crippen LogP contribution in [0.15, 0.2) is 72.8 Å². The Morgan fingerprint density at radius 3 is 2.24 bits per heavy atom. The average Bonchev–Trinajstić information content (AvgIpc) is 3.29. The first-order valence-electron chi connectivity index (χ1n) is 13.7. The number of benzene rings is 3. The van der Waals surface area contributed by atoms with E-state index in [1.807, 2.05) is 37.3 Å². The average molecular weight is 554 g/mol. The van der Waals surface area contributed by atoms with Gasteiger partial charge in [0.1, 0.15) is 11.6 Å². The van der Waals surface area contributed by atoms with Crippen LogP contribution in [-0.4, -0.2) is 68.8 Å². The maximum absolute atomic E-state index is 13.4. The summed E-state index contributed by atoms with van der Waals surface area (Å²) in [7, 11) is 0. The largest absolute Gasteiger partial charge is 0.379 e. The summed E-state index contributed by atoms with van der Waals surface area (Å²) in [6.07, 6.45) is 0. The van der Waals surface area contributed by atoms with Crippen molar-refractivity contribution in [2.45, 2.75) is 13.5 Å². The van der Waals surface area contributed by atoms with Crippen LogP contribution in [0.25, 0.3) is 11.0 Å². The molecule has 1 saturated heterocycles. The maximum Gasteiger partial charge on any atom is 0.233 e. The lowest BCUT2D eigenvalue weighted by Crippen LogP contribution is -2.39. The third kappa shape index (κ3) is 6.76. The van der Waals surface area contributed by atoms with Gasteiger partial charge in [-0.2, -0.15) is 15.0 Å². The summed E-state index contributed by atoms with van der Waals surface area (Å²) in [6.45, 7) is 7.58. The van der Waals surface area contributed by atoms with Crippen molar-refractivity contribution in [2.75, 3.05) is 55.3 Å². The third-order valence-electron chi connectivity index (χ3n) is 6.93. The SMILES string of the molecule is Cc1nc2ccc(Nc3nc(NCCN4CCOCC4)nc(Nc4ccc(F)cc4)n3)cc2n1Cc1ccccc1. The molecule has 0 aliphatic carbocycles. The van der Waals surface area contributed by atoms with Crippen molar-refractivity contribution < 1.29 is 9.13 Å². The van der Waals surface area contributed by atoms with Crippen LogP contribution in [0.3, 0.4) is 0 Å². The Bertz CT molecular complexity index is 1600. The number of ether oxygens (including phenoxy) is 1. The molecule has 3 heterocycles. The number of halogens is 1. The lowest BCUT2D eigenvalue weighted by Gasteiger charge is -2.26. The van der Waals surface area contributed by atoms with E-state index in [1.54, 1.807) is 12.1 Å². The van der Waals surface area contributed by atoms with Crippen molar-refractivity contribution in [3.05, 3.63) is 90.0 Å². The van der Waals surface area contributed by atoms with E-state index in [0.717, 1.165) is 61.9 Å². The standard InChI is InChI=1S/C30H32FN9O/c1-21-33-26-12-11-25(19-27(26)40(21)20-22-5-3-2-4-6-22)35-30-37-28(32-13-14-39-15-17-41-18-16-39)36-29(38-30)34-24-9-7-23(31)8-10-24/h2-12,19H,13-18,20H2,1H3,(H3,32,34,35,36,37,38). The molecule has 0 amide bonds. The summed E-state index contributed by atoms with van der Waals surface area (Å²) >= 11 is 0. The van der Waals surface area contributed by atoms with Crippen LogP contribution >= 0.6 is 0 Å². The van der Waals surface area contributed by atoms with Crippen molar-refractivity contribution in [3.8, 4) is 0 Å². The van der Waals surface area contributed by atoms with Gasteiger partial charge < -0.3 is 25.3 Å². The number of aromatic nitrogens is 5. The normalized spacial score (nSPS) is 13.8. The zero-order valence-electron chi connectivity index (χ0n) is 22.8. The number of hydrogen-bond acceptors (Lipinski definition) is 9. The molecule has 3 N–H and O–H groups in total. The van der Waals surface area contributed by atoms with Crippen LogP contribution in [0.1, 0.15) is 11.4 Å². The molecule has 0 unspecified atom stereocenters. The Kier molecular flexibility index (Phi) is 7.97. The van der Waals surface area contributed by atoms with Crippen molar-refractivity contribution in [1.82, 2.24) is 29.4 Å². The van der Waals surface area contributed by atoms with E-state index in [-0.39, 0.29) is 5.82 Å². The summed E-state index contributed by atoms with van der Waals surface area (Å²) in [5, 5.41) is 9.82. The van der Waals surface area contributed by atoms with Gasteiger partial charge in [0.2, 0.25) is 17.8 Å². The Morgan fingerprint density at radius 2 is 1.49 bits per heavy atom. The maximum atomic E-state index is 13.4. The van der Waals surface area contributed by atoms with E-state index in [0.29, 0.717) is 30.1 Å². The van der Waals surface area contributed by atoms with Gasteiger partial charge in [0.15, 0.2) is 0 Å². The van der Waals surface area contributed by atoms with Gasteiger partial charge in [-0.05, 0) is 55.0 Å². The fourth-order valence-electron chi connectivity index (χ4n) is 4.80. The Hall–Kier alpha value is -4.61. The topological polar surface area (TPSA) is 105 Å². The second-order valence-corrected chi connectivity index (χ2v) is 9.88. The molecular formula is C30H32FN9O. The second kappa shape index (κ2) is 12.3. The predicted molar refractivity (Wildman–Crippen MR) is 159 cm³/mol. The Labute approximate surface area is 237 Å². The van der Waals surface area contributed by atoms with Crippen molar-refractivity contribution in [2.24, 2.45) is 0 Å². The van der Waals surface area contributed by atoms with E-state index in [1.165, 1.54) is 17.7 Å². The minimum atomic E-state index is -0.309. The third-order valence-corrected chi connectivity index (χ3v) is 6.93. The molecule has 11 heteroatoms. The summed E-state index contributed by atoms with van der Waals surface area (Å²) in [6, 6.07) is 22.4. The summed E-state index contributed by atoms with van der Waals surface area (Å²) in [5.74, 6) is 1.79. The highest BCUT2D eigenvalue weighted by atomic mass is 19.1. The first-order valence-corrected chi connectivity index (χ1v) is 13.7. The Morgan fingerprint density at radius 1 is 0.805 bits per heavy atom. The molecule has 1 fully saturated rings. The van der Waals surface area contributed by atoms with Crippen molar-refractivity contribution in [3.63, 3.8) is 0 Å². The van der Waals surface area contributed by atoms with Crippen molar-refractivity contribution >= 4 is 40.3 Å². The fourth-order valence-corrected chi connectivity index (χ4v) is 4.80. The Balaban J connectivity index is 1.25. The molecule has 41 heavy (non-hydrogen) atoms. The lowest BCUT2D eigenvalue weighted by atomic mass is 10.2. The molecule has 3 aromatic carbocycles. The monoisotopic (exact) mass is 553 g/mol. The van der Waals surface area contributed by atoms with Crippen molar-refractivity contribution in [1.29, 1.82) is 0 Å². The number of nitrogens with one attached hydrogen (secondary N) is 3. The summed E-state index contributed by atoms with van der Waals surface area (Å²) in [5.41, 5.74) is 4.63. The lowest BCUT2D eigenvalue weighted by molar-refractivity contribution is 0.0398.